The molecule has 6 nitrogen and oxygen atoms in total. The molecule has 0 amide bonds. The van der Waals surface area contributed by atoms with Crippen molar-refractivity contribution in [3.8, 4) is 17.6 Å². The molecule has 0 unspecified atom stereocenters. The molecule has 0 fully saturated rings. The monoisotopic (exact) mass is 357 g/mol. The molecule has 1 aromatic heterocycles. The molecule has 4 N–H and O–H groups in total. The lowest BCUT2D eigenvalue weighted by Crippen LogP contribution is -2.07. The number of anilines is 3. The Kier molecular flexibility index (Phi) is 7.65. The maximum absolute atomic E-state index is 13.8. The molecule has 0 radical (unpaired) electrons. The van der Waals surface area contributed by atoms with E-state index < -0.39 is 5.82 Å². The second kappa shape index (κ2) is 10.2. The molecule has 2 rings (SSSR count). The number of benzene rings is 1. The van der Waals surface area contributed by atoms with Gasteiger partial charge < -0.3 is 21.1 Å². The van der Waals surface area contributed by atoms with Crippen LogP contribution in [0.3, 0.4) is 0 Å². The molecule has 0 aliphatic rings. The SMILES string of the molecule is CCCNc1nc(Nc2ccc(OC)c(F)c2)ncc1C#CCCCN. The summed E-state index contributed by atoms with van der Waals surface area (Å²) in [5.41, 5.74) is 6.74. The maximum atomic E-state index is 13.8. The predicted molar refractivity (Wildman–Crippen MR) is 102 cm³/mol. The van der Waals surface area contributed by atoms with Gasteiger partial charge in [-0.25, -0.2) is 9.37 Å². The average molecular weight is 357 g/mol. The fourth-order valence-electron chi connectivity index (χ4n) is 2.13. The topological polar surface area (TPSA) is 85.1 Å². The van der Waals surface area contributed by atoms with E-state index in [9.17, 15) is 4.39 Å². The van der Waals surface area contributed by atoms with Crippen LogP contribution in [0.1, 0.15) is 31.7 Å². The Bertz CT molecular complexity index is 785. The summed E-state index contributed by atoms with van der Waals surface area (Å²) < 4.78 is 18.7. The average Bonchev–Trinajstić information content (AvgIpc) is 2.65. The zero-order chi connectivity index (χ0) is 18.8. The van der Waals surface area contributed by atoms with Crippen LogP contribution in [0.25, 0.3) is 0 Å². The van der Waals surface area contributed by atoms with Gasteiger partial charge in [-0.05, 0) is 31.5 Å². The molecule has 0 atom stereocenters. The molecular weight excluding hydrogens is 333 g/mol. The molecule has 0 saturated heterocycles. The molecule has 0 bridgehead atoms. The second-order valence-electron chi connectivity index (χ2n) is 5.55. The van der Waals surface area contributed by atoms with Crippen LogP contribution in [0.5, 0.6) is 5.75 Å². The van der Waals surface area contributed by atoms with Crippen molar-refractivity contribution in [2.45, 2.75) is 26.2 Å². The number of methoxy groups -OCH3 is 1. The van der Waals surface area contributed by atoms with Gasteiger partial charge in [-0.3, -0.25) is 0 Å². The van der Waals surface area contributed by atoms with E-state index >= 15 is 0 Å². The largest absolute Gasteiger partial charge is 0.494 e. The molecule has 1 aromatic carbocycles. The minimum atomic E-state index is -0.454. The molecule has 0 saturated carbocycles. The number of rotatable bonds is 8. The normalized spacial score (nSPS) is 10.0. The molecular formula is C19H24FN5O. The van der Waals surface area contributed by atoms with Crippen molar-refractivity contribution >= 4 is 17.5 Å². The van der Waals surface area contributed by atoms with Crippen molar-refractivity contribution in [2.24, 2.45) is 5.73 Å². The van der Waals surface area contributed by atoms with Crippen molar-refractivity contribution in [2.75, 3.05) is 30.8 Å². The molecule has 0 aliphatic carbocycles. The van der Waals surface area contributed by atoms with Gasteiger partial charge in [0.25, 0.3) is 0 Å². The highest BCUT2D eigenvalue weighted by molar-refractivity contribution is 5.60. The van der Waals surface area contributed by atoms with Crippen LogP contribution in [0, 0.1) is 17.7 Å². The van der Waals surface area contributed by atoms with Gasteiger partial charge in [0.15, 0.2) is 11.6 Å². The molecule has 2 aromatic rings. The van der Waals surface area contributed by atoms with Crippen LogP contribution < -0.4 is 21.1 Å². The fourth-order valence-corrected chi connectivity index (χ4v) is 2.13. The van der Waals surface area contributed by atoms with Crippen LogP contribution >= 0.6 is 0 Å². The Labute approximate surface area is 153 Å². The summed E-state index contributed by atoms with van der Waals surface area (Å²) in [6.45, 7) is 3.46. The quantitative estimate of drug-likeness (QED) is 0.497. The highest BCUT2D eigenvalue weighted by Crippen LogP contribution is 2.23. The number of nitrogens with two attached hydrogens (primary N) is 1. The van der Waals surface area contributed by atoms with Crippen LogP contribution in [0.2, 0.25) is 0 Å². The first-order valence-corrected chi connectivity index (χ1v) is 8.58. The number of aromatic nitrogens is 2. The molecule has 26 heavy (non-hydrogen) atoms. The van der Waals surface area contributed by atoms with E-state index in [1.54, 1.807) is 18.3 Å². The van der Waals surface area contributed by atoms with Crippen LogP contribution in [-0.4, -0.2) is 30.2 Å². The number of ether oxygens (including phenoxy) is 1. The van der Waals surface area contributed by atoms with Gasteiger partial charge in [-0.2, -0.15) is 4.98 Å². The first-order valence-electron chi connectivity index (χ1n) is 8.58. The number of nitrogens with one attached hydrogen (secondary N) is 2. The number of halogens is 1. The van der Waals surface area contributed by atoms with Crippen LogP contribution in [0.4, 0.5) is 21.8 Å². The van der Waals surface area contributed by atoms with Crippen molar-refractivity contribution in [3.05, 3.63) is 35.8 Å². The Morgan fingerprint density at radius 1 is 1.35 bits per heavy atom. The Balaban J connectivity index is 2.20. The van der Waals surface area contributed by atoms with Gasteiger partial charge in [0.1, 0.15) is 5.82 Å². The summed E-state index contributed by atoms with van der Waals surface area (Å²) >= 11 is 0. The predicted octanol–water partition coefficient (Wildman–Crippen LogP) is 3.28. The number of hydrogen-bond donors (Lipinski definition) is 3. The lowest BCUT2D eigenvalue weighted by atomic mass is 10.2. The lowest BCUT2D eigenvalue weighted by molar-refractivity contribution is 0.386. The minimum absolute atomic E-state index is 0.185. The maximum Gasteiger partial charge on any atom is 0.229 e. The summed E-state index contributed by atoms with van der Waals surface area (Å²) in [6.07, 6.45) is 4.20. The Morgan fingerprint density at radius 3 is 2.88 bits per heavy atom. The number of hydrogen-bond acceptors (Lipinski definition) is 6. The first-order chi connectivity index (χ1) is 12.7. The summed E-state index contributed by atoms with van der Waals surface area (Å²) in [4.78, 5) is 8.73. The van der Waals surface area contributed by atoms with E-state index in [0.717, 1.165) is 31.4 Å². The second-order valence-corrected chi connectivity index (χ2v) is 5.55. The van der Waals surface area contributed by atoms with Gasteiger partial charge in [0.05, 0.1) is 18.9 Å². The lowest BCUT2D eigenvalue weighted by Gasteiger charge is -2.10. The summed E-state index contributed by atoms with van der Waals surface area (Å²) in [7, 11) is 1.42. The third-order valence-electron chi connectivity index (χ3n) is 3.47. The molecule has 138 valence electrons. The third-order valence-corrected chi connectivity index (χ3v) is 3.47. The van der Waals surface area contributed by atoms with E-state index in [0.29, 0.717) is 24.0 Å². The highest BCUT2D eigenvalue weighted by atomic mass is 19.1. The molecule has 1 heterocycles. The smallest absolute Gasteiger partial charge is 0.229 e. The third kappa shape index (κ3) is 5.60. The zero-order valence-electron chi connectivity index (χ0n) is 15.1. The summed E-state index contributed by atoms with van der Waals surface area (Å²) in [5, 5.41) is 6.24. The van der Waals surface area contributed by atoms with Crippen molar-refractivity contribution < 1.29 is 9.13 Å². The van der Waals surface area contributed by atoms with Crippen LogP contribution in [-0.2, 0) is 0 Å². The summed E-state index contributed by atoms with van der Waals surface area (Å²) in [6, 6.07) is 4.58. The highest BCUT2D eigenvalue weighted by Gasteiger charge is 2.08. The van der Waals surface area contributed by atoms with E-state index in [-0.39, 0.29) is 5.75 Å². The van der Waals surface area contributed by atoms with Crippen molar-refractivity contribution in [1.29, 1.82) is 0 Å². The summed E-state index contributed by atoms with van der Waals surface area (Å²) in [5.74, 6) is 6.89. The van der Waals surface area contributed by atoms with E-state index in [1.807, 2.05) is 0 Å². The van der Waals surface area contributed by atoms with E-state index in [4.69, 9.17) is 10.5 Å². The van der Waals surface area contributed by atoms with E-state index in [1.165, 1.54) is 13.2 Å². The van der Waals surface area contributed by atoms with E-state index in [2.05, 4.69) is 39.4 Å². The Hall–Kier alpha value is -2.85. The minimum Gasteiger partial charge on any atom is -0.494 e. The van der Waals surface area contributed by atoms with Gasteiger partial charge in [0, 0.05) is 24.7 Å². The standard InChI is InChI=1S/C19H24FN5O/c1-3-11-22-18-14(7-5-4-6-10-21)13-23-19(25-18)24-15-8-9-17(26-2)16(20)12-15/h8-9,12-13H,3-4,6,10-11,21H2,1-2H3,(H2,22,23,24,25). The fraction of sp³-hybridized carbons (Fsp3) is 0.368. The van der Waals surface area contributed by atoms with Gasteiger partial charge >= 0.3 is 0 Å². The number of nitrogens with zero attached hydrogens (tertiary/aromatic N) is 2. The van der Waals surface area contributed by atoms with Gasteiger partial charge in [-0.15, -0.1) is 0 Å². The van der Waals surface area contributed by atoms with Crippen molar-refractivity contribution in [1.82, 2.24) is 9.97 Å². The van der Waals surface area contributed by atoms with Crippen molar-refractivity contribution in [3.63, 3.8) is 0 Å². The Morgan fingerprint density at radius 2 is 2.19 bits per heavy atom. The molecule has 7 heteroatoms. The number of unbranched alkanes of at least 4 members (excludes halogenated alkanes) is 1. The molecule has 0 spiro atoms. The van der Waals surface area contributed by atoms with Gasteiger partial charge in [-0.1, -0.05) is 18.8 Å². The van der Waals surface area contributed by atoms with Crippen LogP contribution in [0.15, 0.2) is 24.4 Å². The van der Waals surface area contributed by atoms with Gasteiger partial charge in [0.2, 0.25) is 5.95 Å². The first kappa shape index (κ1) is 19.5. The zero-order valence-corrected chi connectivity index (χ0v) is 15.1. The molecule has 0 aliphatic heterocycles.